The largest absolute Gasteiger partial charge is 0.294 e. The Morgan fingerprint density at radius 1 is 0.950 bits per heavy atom. The Kier molecular flexibility index (Phi) is 2.73. The van der Waals surface area contributed by atoms with Gasteiger partial charge in [0.1, 0.15) is 0 Å². The molecule has 1 atom stereocenters. The number of rotatable bonds is 2. The quantitative estimate of drug-likeness (QED) is 0.805. The minimum atomic E-state index is 0.145. The smallest absolute Gasteiger partial charge is 0.166 e. The van der Waals surface area contributed by atoms with Gasteiger partial charge < -0.3 is 0 Å². The van der Waals surface area contributed by atoms with Crippen LogP contribution in [0, 0.1) is 5.92 Å². The molecule has 100 valence electrons. The van der Waals surface area contributed by atoms with Crippen LogP contribution in [0.4, 0.5) is 0 Å². The summed E-state index contributed by atoms with van der Waals surface area (Å²) in [6.45, 7) is 0. The third-order valence-electron chi connectivity index (χ3n) is 4.76. The van der Waals surface area contributed by atoms with Crippen molar-refractivity contribution in [3.8, 4) is 0 Å². The summed E-state index contributed by atoms with van der Waals surface area (Å²) in [7, 11) is 0. The van der Waals surface area contributed by atoms with Gasteiger partial charge in [-0.05, 0) is 54.4 Å². The molecule has 0 radical (unpaired) electrons. The molecule has 0 N–H and O–H groups in total. The molecule has 2 aromatic rings. The number of hydrogen-bond acceptors (Lipinski definition) is 1. The van der Waals surface area contributed by atoms with Crippen molar-refractivity contribution >= 4 is 5.78 Å². The number of hydrogen-bond donors (Lipinski definition) is 0. The van der Waals surface area contributed by atoms with E-state index in [1.807, 2.05) is 18.2 Å². The first-order valence-corrected chi connectivity index (χ1v) is 7.54. The molecule has 4 rings (SSSR count). The van der Waals surface area contributed by atoms with Crippen molar-refractivity contribution in [3.05, 3.63) is 70.3 Å². The van der Waals surface area contributed by atoms with Crippen molar-refractivity contribution in [3.63, 3.8) is 0 Å². The first-order valence-electron chi connectivity index (χ1n) is 7.54. The van der Waals surface area contributed by atoms with Crippen LogP contribution in [-0.4, -0.2) is 5.78 Å². The van der Waals surface area contributed by atoms with Gasteiger partial charge in [0, 0.05) is 11.5 Å². The van der Waals surface area contributed by atoms with E-state index in [-0.39, 0.29) is 5.92 Å². The lowest BCUT2D eigenvalue weighted by molar-refractivity contribution is 0.0936. The minimum Gasteiger partial charge on any atom is -0.294 e. The number of carbonyl (C=O) groups excluding carboxylic acids is 1. The zero-order chi connectivity index (χ0) is 13.5. The second-order valence-corrected chi connectivity index (χ2v) is 6.08. The summed E-state index contributed by atoms with van der Waals surface area (Å²) in [6, 6.07) is 14.9. The molecule has 20 heavy (non-hydrogen) atoms. The first-order chi connectivity index (χ1) is 9.81. The standard InChI is InChI=1S/C19H18O/c20-19-17(12-16-4-1-2-7-18(16)19)11-13-8-9-14-5-3-6-15(14)10-13/h1-2,4,7-10,17H,3,5-6,11-12H2. The highest BCUT2D eigenvalue weighted by Gasteiger charge is 2.30. The maximum absolute atomic E-state index is 12.4. The van der Waals surface area contributed by atoms with Crippen LogP contribution in [0.25, 0.3) is 0 Å². The SMILES string of the molecule is O=C1c2ccccc2CC1Cc1ccc2c(c1)CCC2. The molecule has 0 fully saturated rings. The molecule has 0 saturated heterocycles. The number of aryl methyl sites for hydroxylation is 2. The summed E-state index contributed by atoms with van der Waals surface area (Å²) in [5.41, 5.74) is 6.51. The number of Topliss-reactive ketones (excluding diaryl/α,β-unsaturated/α-hetero) is 1. The Bertz CT molecular complexity index is 684. The van der Waals surface area contributed by atoms with Gasteiger partial charge in [0.2, 0.25) is 0 Å². The summed E-state index contributed by atoms with van der Waals surface area (Å²) in [5, 5.41) is 0. The Morgan fingerprint density at radius 2 is 1.80 bits per heavy atom. The zero-order valence-electron chi connectivity index (χ0n) is 11.6. The van der Waals surface area contributed by atoms with E-state index >= 15 is 0 Å². The molecule has 0 aromatic heterocycles. The molecule has 0 amide bonds. The monoisotopic (exact) mass is 262 g/mol. The molecule has 1 unspecified atom stereocenters. The lowest BCUT2D eigenvalue weighted by atomic mass is 9.94. The highest BCUT2D eigenvalue weighted by atomic mass is 16.1. The third-order valence-corrected chi connectivity index (χ3v) is 4.76. The maximum atomic E-state index is 12.4. The molecule has 2 aromatic carbocycles. The Morgan fingerprint density at radius 3 is 2.70 bits per heavy atom. The molecular formula is C19H18O. The van der Waals surface area contributed by atoms with E-state index in [0.717, 1.165) is 18.4 Å². The number of ketones is 1. The summed E-state index contributed by atoms with van der Waals surface area (Å²) >= 11 is 0. The fourth-order valence-corrected chi connectivity index (χ4v) is 3.72. The second kappa shape index (κ2) is 4.59. The van der Waals surface area contributed by atoms with E-state index in [9.17, 15) is 4.79 Å². The van der Waals surface area contributed by atoms with Gasteiger partial charge >= 0.3 is 0 Å². The highest BCUT2D eigenvalue weighted by molar-refractivity contribution is 6.02. The van der Waals surface area contributed by atoms with Crippen LogP contribution in [0.1, 0.15) is 39.0 Å². The topological polar surface area (TPSA) is 17.1 Å². The van der Waals surface area contributed by atoms with Crippen molar-refractivity contribution in [2.45, 2.75) is 32.1 Å². The molecular weight excluding hydrogens is 244 g/mol. The van der Waals surface area contributed by atoms with Gasteiger partial charge in [-0.2, -0.15) is 0 Å². The van der Waals surface area contributed by atoms with E-state index in [1.54, 1.807) is 0 Å². The Labute approximate surface area is 119 Å². The van der Waals surface area contributed by atoms with Crippen molar-refractivity contribution in [2.24, 2.45) is 5.92 Å². The number of carbonyl (C=O) groups is 1. The first kappa shape index (κ1) is 11.9. The van der Waals surface area contributed by atoms with E-state index in [2.05, 4.69) is 24.3 Å². The van der Waals surface area contributed by atoms with Crippen LogP contribution in [0.2, 0.25) is 0 Å². The number of fused-ring (bicyclic) bond motifs is 2. The van der Waals surface area contributed by atoms with Crippen LogP contribution >= 0.6 is 0 Å². The summed E-state index contributed by atoms with van der Waals surface area (Å²) < 4.78 is 0. The van der Waals surface area contributed by atoms with Gasteiger partial charge in [0.25, 0.3) is 0 Å². The van der Waals surface area contributed by atoms with Crippen LogP contribution < -0.4 is 0 Å². The van der Waals surface area contributed by atoms with E-state index in [1.165, 1.54) is 41.5 Å². The third kappa shape index (κ3) is 1.89. The van der Waals surface area contributed by atoms with Gasteiger partial charge in [-0.1, -0.05) is 42.5 Å². The lowest BCUT2D eigenvalue weighted by Crippen LogP contribution is -2.12. The van der Waals surface area contributed by atoms with Crippen LogP contribution in [-0.2, 0) is 25.7 Å². The Hall–Kier alpha value is -1.89. The predicted octanol–water partition coefficient (Wildman–Crippen LogP) is 3.77. The fraction of sp³-hybridized carbons (Fsp3) is 0.316. The van der Waals surface area contributed by atoms with Gasteiger partial charge in [0.05, 0.1) is 0 Å². The highest BCUT2D eigenvalue weighted by Crippen LogP contribution is 2.30. The van der Waals surface area contributed by atoms with Gasteiger partial charge in [0.15, 0.2) is 5.78 Å². The molecule has 1 heteroatoms. The molecule has 0 saturated carbocycles. The van der Waals surface area contributed by atoms with E-state index < -0.39 is 0 Å². The molecule has 0 heterocycles. The van der Waals surface area contributed by atoms with Crippen LogP contribution in [0.5, 0.6) is 0 Å². The predicted molar refractivity (Wildman–Crippen MR) is 80.1 cm³/mol. The average molecular weight is 262 g/mol. The maximum Gasteiger partial charge on any atom is 0.166 e. The zero-order valence-corrected chi connectivity index (χ0v) is 11.6. The molecule has 2 aliphatic carbocycles. The van der Waals surface area contributed by atoms with Crippen LogP contribution in [0.15, 0.2) is 42.5 Å². The van der Waals surface area contributed by atoms with Crippen molar-refractivity contribution in [1.82, 2.24) is 0 Å². The second-order valence-electron chi connectivity index (χ2n) is 6.08. The number of benzene rings is 2. The van der Waals surface area contributed by atoms with Gasteiger partial charge in [-0.25, -0.2) is 0 Å². The summed E-state index contributed by atoms with van der Waals surface area (Å²) in [5.74, 6) is 0.480. The van der Waals surface area contributed by atoms with E-state index in [4.69, 9.17) is 0 Å². The fourth-order valence-electron chi connectivity index (χ4n) is 3.72. The van der Waals surface area contributed by atoms with Gasteiger partial charge in [-0.15, -0.1) is 0 Å². The average Bonchev–Trinajstić information content (AvgIpc) is 3.05. The molecule has 2 aliphatic rings. The van der Waals surface area contributed by atoms with Crippen molar-refractivity contribution in [1.29, 1.82) is 0 Å². The molecule has 0 bridgehead atoms. The Balaban J connectivity index is 1.58. The van der Waals surface area contributed by atoms with Crippen LogP contribution in [0.3, 0.4) is 0 Å². The normalized spacial score (nSPS) is 20.0. The molecule has 0 aliphatic heterocycles. The minimum absolute atomic E-state index is 0.145. The van der Waals surface area contributed by atoms with Gasteiger partial charge in [-0.3, -0.25) is 4.79 Å². The summed E-state index contributed by atoms with van der Waals surface area (Å²) in [4.78, 5) is 12.4. The lowest BCUT2D eigenvalue weighted by Gasteiger charge is -2.09. The summed E-state index contributed by atoms with van der Waals surface area (Å²) in [6.07, 6.45) is 5.52. The molecule has 1 nitrogen and oxygen atoms in total. The van der Waals surface area contributed by atoms with Crippen molar-refractivity contribution < 1.29 is 4.79 Å². The molecule has 0 spiro atoms. The van der Waals surface area contributed by atoms with Crippen molar-refractivity contribution in [2.75, 3.05) is 0 Å². The van der Waals surface area contributed by atoms with E-state index in [0.29, 0.717) is 5.78 Å².